The molecule has 23 heavy (non-hydrogen) atoms. The Kier molecular flexibility index (Phi) is 4.47. The van der Waals surface area contributed by atoms with E-state index in [2.05, 4.69) is 15.5 Å². The lowest BCUT2D eigenvalue weighted by Crippen LogP contribution is -2.05. The fourth-order valence-electron chi connectivity index (χ4n) is 2.33. The molecule has 116 valence electrons. The van der Waals surface area contributed by atoms with Crippen molar-refractivity contribution in [1.82, 2.24) is 10.1 Å². The van der Waals surface area contributed by atoms with Crippen LogP contribution in [0.15, 0.2) is 59.1 Å². The largest absolute Gasteiger partial charge is 0.376 e. The summed E-state index contributed by atoms with van der Waals surface area (Å²) in [4.78, 5) is 16.0. The molecule has 0 bridgehead atoms. The second kappa shape index (κ2) is 6.87. The van der Waals surface area contributed by atoms with Gasteiger partial charge in [-0.25, -0.2) is 0 Å². The van der Waals surface area contributed by atoms with Crippen LogP contribution < -0.4 is 5.32 Å². The quantitative estimate of drug-likeness (QED) is 0.706. The Labute approximate surface area is 134 Å². The van der Waals surface area contributed by atoms with E-state index in [4.69, 9.17) is 4.52 Å². The first-order chi connectivity index (χ1) is 11.2. The Hall–Kier alpha value is -2.95. The molecule has 3 aromatic rings. The molecular formula is C18H17N3O2. The highest BCUT2D eigenvalue weighted by atomic mass is 16.5. The lowest BCUT2D eigenvalue weighted by Gasteiger charge is -2.07. The van der Waals surface area contributed by atoms with Gasteiger partial charge < -0.3 is 9.84 Å². The van der Waals surface area contributed by atoms with Gasteiger partial charge in [0.25, 0.3) is 0 Å². The number of hydrogen-bond acceptors (Lipinski definition) is 5. The lowest BCUT2D eigenvalue weighted by atomic mass is 10.1. The van der Waals surface area contributed by atoms with E-state index in [1.165, 1.54) is 0 Å². The topological polar surface area (TPSA) is 68.0 Å². The van der Waals surface area contributed by atoms with E-state index in [0.717, 1.165) is 11.3 Å². The molecule has 0 radical (unpaired) electrons. The van der Waals surface area contributed by atoms with Crippen LogP contribution in [0, 0.1) is 0 Å². The fraction of sp³-hybridized carbons (Fsp3) is 0.167. The van der Waals surface area contributed by atoms with Crippen molar-refractivity contribution >= 4 is 11.5 Å². The first-order valence-corrected chi connectivity index (χ1v) is 7.41. The van der Waals surface area contributed by atoms with Crippen molar-refractivity contribution in [1.29, 1.82) is 0 Å². The number of aromatic nitrogens is 2. The van der Waals surface area contributed by atoms with Gasteiger partial charge in [-0.05, 0) is 24.6 Å². The number of ketones is 1. The zero-order valence-corrected chi connectivity index (χ0v) is 12.8. The molecule has 0 atom stereocenters. The zero-order valence-electron chi connectivity index (χ0n) is 12.8. The molecule has 0 saturated carbocycles. The Bertz CT molecular complexity index is 797. The molecule has 0 fully saturated rings. The summed E-state index contributed by atoms with van der Waals surface area (Å²) in [6.45, 7) is 1.93. The number of Topliss-reactive ketones (excluding diaryl/α,β-unsaturated/α-hetero) is 1. The standard InChI is InChI=1S/C18H17N3O2/c1-13(22)15-9-5-6-10-16(15)19-12-18-20-17(21-23-18)11-14-7-3-2-4-8-14/h2-10,19H,11-12H2,1H3. The minimum absolute atomic E-state index is 0.0170. The van der Waals surface area contributed by atoms with Crippen molar-refractivity contribution in [2.24, 2.45) is 0 Å². The van der Waals surface area contributed by atoms with E-state index in [1.54, 1.807) is 13.0 Å². The number of carbonyl (C=O) groups excluding carboxylic acids is 1. The molecule has 0 spiro atoms. The van der Waals surface area contributed by atoms with E-state index in [1.807, 2.05) is 48.5 Å². The second-order valence-electron chi connectivity index (χ2n) is 5.22. The Balaban J connectivity index is 1.65. The average molecular weight is 307 g/mol. The summed E-state index contributed by atoms with van der Waals surface area (Å²) < 4.78 is 5.25. The van der Waals surface area contributed by atoms with Crippen LogP contribution in [-0.2, 0) is 13.0 Å². The van der Waals surface area contributed by atoms with Gasteiger partial charge in [0.2, 0.25) is 5.89 Å². The van der Waals surface area contributed by atoms with Gasteiger partial charge in [-0.1, -0.05) is 47.6 Å². The highest BCUT2D eigenvalue weighted by Gasteiger charge is 2.09. The monoisotopic (exact) mass is 307 g/mol. The first kappa shape index (κ1) is 15.0. The average Bonchev–Trinajstić information content (AvgIpc) is 3.01. The smallest absolute Gasteiger partial charge is 0.245 e. The number of nitrogens with zero attached hydrogens (tertiary/aromatic N) is 2. The summed E-state index contributed by atoms with van der Waals surface area (Å²) in [5.74, 6) is 1.16. The van der Waals surface area contributed by atoms with Crippen LogP contribution in [0.3, 0.4) is 0 Å². The highest BCUT2D eigenvalue weighted by molar-refractivity contribution is 5.99. The van der Waals surface area contributed by atoms with Crippen molar-refractivity contribution in [2.75, 3.05) is 5.32 Å². The maximum Gasteiger partial charge on any atom is 0.245 e. The number of rotatable bonds is 6. The van der Waals surface area contributed by atoms with Gasteiger partial charge in [-0.3, -0.25) is 4.79 Å². The molecule has 3 rings (SSSR count). The van der Waals surface area contributed by atoms with E-state index >= 15 is 0 Å². The lowest BCUT2D eigenvalue weighted by molar-refractivity contribution is 0.101. The number of nitrogens with one attached hydrogen (secondary N) is 1. The van der Waals surface area contributed by atoms with Crippen LogP contribution in [-0.4, -0.2) is 15.9 Å². The Morgan fingerprint density at radius 1 is 1.09 bits per heavy atom. The number of carbonyl (C=O) groups is 1. The minimum atomic E-state index is 0.0170. The SMILES string of the molecule is CC(=O)c1ccccc1NCc1nc(Cc2ccccc2)no1. The second-order valence-corrected chi connectivity index (χ2v) is 5.22. The van der Waals surface area contributed by atoms with Crippen molar-refractivity contribution in [2.45, 2.75) is 19.9 Å². The maximum absolute atomic E-state index is 11.6. The Morgan fingerprint density at radius 3 is 2.61 bits per heavy atom. The molecular weight excluding hydrogens is 290 g/mol. The summed E-state index contributed by atoms with van der Waals surface area (Å²) in [6, 6.07) is 17.4. The highest BCUT2D eigenvalue weighted by Crippen LogP contribution is 2.16. The summed E-state index contributed by atoms with van der Waals surface area (Å²) in [6.07, 6.45) is 0.633. The molecule has 0 amide bonds. The normalized spacial score (nSPS) is 10.5. The molecule has 1 N–H and O–H groups in total. The van der Waals surface area contributed by atoms with Crippen molar-refractivity contribution in [3.05, 3.63) is 77.4 Å². The van der Waals surface area contributed by atoms with Gasteiger partial charge in [-0.15, -0.1) is 0 Å². The van der Waals surface area contributed by atoms with Gasteiger partial charge in [-0.2, -0.15) is 4.98 Å². The van der Waals surface area contributed by atoms with Gasteiger partial charge in [0, 0.05) is 17.7 Å². The van der Waals surface area contributed by atoms with Gasteiger partial charge in [0.15, 0.2) is 11.6 Å². The molecule has 0 aliphatic carbocycles. The van der Waals surface area contributed by atoms with Crippen LogP contribution in [0.5, 0.6) is 0 Å². The third-order valence-corrected chi connectivity index (χ3v) is 3.45. The summed E-state index contributed by atoms with van der Waals surface area (Å²) >= 11 is 0. The maximum atomic E-state index is 11.6. The van der Waals surface area contributed by atoms with Crippen LogP contribution in [0.1, 0.15) is 34.6 Å². The van der Waals surface area contributed by atoms with E-state index in [9.17, 15) is 4.79 Å². The van der Waals surface area contributed by atoms with E-state index < -0.39 is 0 Å². The predicted octanol–water partition coefficient (Wildman–Crippen LogP) is 3.48. The molecule has 0 aliphatic rings. The molecule has 0 unspecified atom stereocenters. The third kappa shape index (κ3) is 3.83. The Morgan fingerprint density at radius 2 is 1.83 bits per heavy atom. The van der Waals surface area contributed by atoms with Crippen LogP contribution >= 0.6 is 0 Å². The molecule has 1 heterocycles. The van der Waals surface area contributed by atoms with Gasteiger partial charge in [0.05, 0.1) is 6.54 Å². The van der Waals surface area contributed by atoms with E-state index in [0.29, 0.717) is 30.2 Å². The molecule has 0 saturated heterocycles. The number of benzene rings is 2. The third-order valence-electron chi connectivity index (χ3n) is 3.45. The summed E-state index contributed by atoms with van der Waals surface area (Å²) in [5.41, 5.74) is 2.55. The van der Waals surface area contributed by atoms with Gasteiger partial charge in [0.1, 0.15) is 0 Å². The molecule has 5 nitrogen and oxygen atoms in total. The number of hydrogen-bond donors (Lipinski definition) is 1. The van der Waals surface area contributed by atoms with Crippen LogP contribution in [0.4, 0.5) is 5.69 Å². The number of para-hydroxylation sites is 1. The predicted molar refractivity (Wildman–Crippen MR) is 87.3 cm³/mol. The first-order valence-electron chi connectivity index (χ1n) is 7.41. The van der Waals surface area contributed by atoms with Crippen molar-refractivity contribution in [3.8, 4) is 0 Å². The zero-order chi connectivity index (χ0) is 16.1. The van der Waals surface area contributed by atoms with Crippen molar-refractivity contribution in [3.63, 3.8) is 0 Å². The van der Waals surface area contributed by atoms with E-state index in [-0.39, 0.29) is 5.78 Å². The molecule has 1 aromatic heterocycles. The molecule has 2 aromatic carbocycles. The van der Waals surface area contributed by atoms with Crippen molar-refractivity contribution < 1.29 is 9.32 Å². The fourth-order valence-corrected chi connectivity index (χ4v) is 2.33. The minimum Gasteiger partial charge on any atom is -0.376 e. The van der Waals surface area contributed by atoms with Crippen LogP contribution in [0.25, 0.3) is 0 Å². The van der Waals surface area contributed by atoms with Crippen LogP contribution in [0.2, 0.25) is 0 Å². The molecule has 5 heteroatoms. The molecule has 0 aliphatic heterocycles. The van der Waals surface area contributed by atoms with Gasteiger partial charge >= 0.3 is 0 Å². The number of anilines is 1. The summed E-state index contributed by atoms with van der Waals surface area (Å²) in [7, 11) is 0. The summed E-state index contributed by atoms with van der Waals surface area (Å²) in [5, 5.41) is 7.16.